The fraction of sp³-hybridized carbons (Fsp3) is 0.105. The second-order valence-electron chi connectivity index (χ2n) is 5.96. The average Bonchev–Trinajstić information content (AvgIpc) is 3.34. The van der Waals surface area contributed by atoms with E-state index in [9.17, 15) is 25.0 Å². The van der Waals surface area contributed by atoms with E-state index in [0.717, 1.165) is 6.07 Å². The number of anilines is 1. The Kier molecular flexibility index (Phi) is 5.85. The highest BCUT2D eigenvalue weighted by molar-refractivity contribution is 6.31. The molecule has 0 saturated heterocycles. The van der Waals surface area contributed by atoms with Crippen molar-refractivity contribution < 1.29 is 23.7 Å². The number of esters is 1. The van der Waals surface area contributed by atoms with Gasteiger partial charge in [0.05, 0.1) is 4.92 Å². The number of hydrogen-bond donors (Lipinski definition) is 1. The molecule has 3 rings (SSSR count). The zero-order chi connectivity index (χ0) is 21.8. The highest BCUT2D eigenvalue weighted by atomic mass is 35.5. The van der Waals surface area contributed by atoms with E-state index in [-0.39, 0.29) is 33.5 Å². The van der Waals surface area contributed by atoms with Crippen molar-refractivity contribution in [3.05, 3.63) is 74.7 Å². The molecule has 1 aromatic carbocycles. The number of carbonyl (C=O) groups excluding carboxylic acids is 2. The highest BCUT2D eigenvalue weighted by Gasteiger charge is 2.26. The first kappa shape index (κ1) is 20.6. The van der Waals surface area contributed by atoms with E-state index in [2.05, 4.69) is 5.32 Å². The molecule has 0 saturated carbocycles. The molecular weight excluding hydrogens is 416 g/mol. The third kappa shape index (κ3) is 4.16. The van der Waals surface area contributed by atoms with Crippen molar-refractivity contribution in [2.24, 2.45) is 0 Å². The number of nitriles is 1. The summed E-state index contributed by atoms with van der Waals surface area (Å²) in [5.74, 6) is -1.45. The molecule has 3 aromatic rings. The number of hydrogen-bond acceptors (Lipinski definition) is 7. The van der Waals surface area contributed by atoms with Gasteiger partial charge in [0.15, 0.2) is 6.61 Å². The summed E-state index contributed by atoms with van der Waals surface area (Å²) >= 11 is 5.73. The number of carbonyl (C=O) groups is 2. The first-order valence-electron chi connectivity index (χ1n) is 8.39. The minimum atomic E-state index is -0.938. The van der Waals surface area contributed by atoms with Crippen LogP contribution in [0.3, 0.4) is 0 Å². The van der Waals surface area contributed by atoms with Gasteiger partial charge in [-0.3, -0.25) is 19.5 Å². The molecule has 0 spiro atoms. The largest absolute Gasteiger partial charge is 0.452 e. The summed E-state index contributed by atoms with van der Waals surface area (Å²) in [7, 11) is 0. The monoisotopic (exact) mass is 428 g/mol. The second kappa shape index (κ2) is 8.50. The zero-order valence-electron chi connectivity index (χ0n) is 15.4. The SMILES string of the molecule is Cc1oc(-n2cccc2)c(C#N)c1C(=O)OCC(=O)Nc1ccc(Cl)cc1[N+](=O)[O-]. The van der Waals surface area contributed by atoms with Gasteiger partial charge >= 0.3 is 5.97 Å². The van der Waals surface area contributed by atoms with Crippen LogP contribution in [0.1, 0.15) is 21.7 Å². The van der Waals surface area contributed by atoms with Crippen LogP contribution in [0.15, 0.2) is 47.1 Å². The van der Waals surface area contributed by atoms with Crippen LogP contribution in [0.5, 0.6) is 0 Å². The number of rotatable bonds is 6. The minimum Gasteiger partial charge on any atom is -0.452 e. The standard InChI is InChI=1S/C19H13ClN4O6/c1-11-17(13(9-21)18(30-11)23-6-2-3-7-23)19(26)29-10-16(25)22-14-5-4-12(20)8-15(14)24(27)28/h2-8H,10H2,1H3,(H,22,25). The van der Waals surface area contributed by atoms with Gasteiger partial charge in [-0.05, 0) is 31.2 Å². The summed E-state index contributed by atoms with van der Waals surface area (Å²) in [5, 5.41) is 23.0. The Bertz CT molecular complexity index is 1180. The topological polar surface area (TPSA) is 140 Å². The fourth-order valence-corrected chi connectivity index (χ4v) is 2.85. The Labute approximate surface area is 174 Å². The molecule has 152 valence electrons. The van der Waals surface area contributed by atoms with Gasteiger partial charge in [0, 0.05) is 23.5 Å². The van der Waals surface area contributed by atoms with Crippen LogP contribution in [0.25, 0.3) is 5.88 Å². The molecule has 0 aliphatic heterocycles. The normalized spacial score (nSPS) is 10.3. The molecule has 2 heterocycles. The minimum absolute atomic E-state index is 0.0394. The molecule has 1 N–H and O–H groups in total. The lowest BCUT2D eigenvalue weighted by Gasteiger charge is -2.07. The molecule has 0 bridgehead atoms. The first-order valence-corrected chi connectivity index (χ1v) is 8.77. The quantitative estimate of drug-likeness (QED) is 0.359. The fourth-order valence-electron chi connectivity index (χ4n) is 2.68. The summed E-state index contributed by atoms with van der Waals surface area (Å²) in [6, 6.07) is 9.06. The molecule has 1 amide bonds. The van der Waals surface area contributed by atoms with Crippen molar-refractivity contribution in [1.82, 2.24) is 4.57 Å². The van der Waals surface area contributed by atoms with E-state index in [1.807, 2.05) is 6.07 Å². The molecule has 0 aliphatic rings. The lowest BCUT2D eigenvalue weighted by molar-refractivity contribution is -0.383. The summed E-state index contributed by atoms with van der Waals surface area (Å²) < 4.78 is 12.0. The molecule has 11 heteroatoms. The van der Waals surface area contributed by atoms with Crippen molar-refractivity contribution in [2.75, 3.05) is 11.9 Å². The number of aryl methyl sites for hydroxylation is 1. The maximum Gasteiger partial charge on any atom is 0.343 e. The Morgan fingerprint density at radius 2 is 2.07 bits per heavy atom. The maximum absolute atomic E-state index is 12.5. The van der Waals surface area contributed by atoms with E-state index in [1.165, 1.54) is 23.6 Å². The van der Waals surface area contributed by atoms with Gasteiger partial charge in [-0.1, -0.05) is 11.6 Å². The van der Waals surface area contributed by atoms with E-state index >= 15 is 0 Å². The molecule has 10 nitrogen and oxygen atoms in total. The highest BCUT2D eigenvalue weighted by Crippen LogP contribution is 2.28. The average molecular weight is 429 g/mol. The summed E-state index contributed by atoms with van der Waals surface area (Å²) in [6.45, 7) is 0.758. The maximum atomic E-state index is 12.5. The summed E-state index contributed by atoms with van der Waals surface area (Å²) in [6.07, 6.45) is 3.28. The van der Waals surface area contributed by atoms with Crippen LogP contribution in [0.2, 0.25) is 5.02 Å². The van der Waals surface area contributed by atoms with Gasteiger partial charge in [0.2, 0.25) is 5.88 Å². The number of nitro groups is 1. The van der Waals surface area contributed by atoms with Crippen molar-refractivity contribution >= 4 is 34.9 Å². The third-order valence-corrected chi connectivity index (χ3v) is 4.22. The summed E-state index contributed by atoms with van der Waals surface area (Å²) in [5.41, 5.74) is -0.651. The van der Waals surface area contributed by atoms with Gasteiger partial charge < -0.3 is 14.5 Å². The number of nitrogens with zero attached hydrogens (tertiary/aromatic N) is 3. The van der Waals surface area contributed by atoms with Crippen LogP contribution in [-0.4, -0.2) is 28.0 Å². The molecule has 0 aliphatic carbocycles. The van der Waals surface area contributed by atoms with Crippen LogP contribution >= 0.6 is 11.6 Å². The van der Waals surface area contributed by atoms with Crippen molar-refractivity contribution in [3.8, 4) is 12.0 Å². The molecule has 30 heavy (non-hydrogen) atoms. The van der Waals surface area contributed by atoms with Crippen molar-refractivity contribution in [3.63, 3.8) is 0 Å². The number of nitrogens with one attached hydrogen (secondary N) is 1. The number of ether oxygens (including phenoxy) is 1. The molecular formula is C19H13ClN4O6. The predicted molar refractivity (Wildman–Crippen MR) is 105 cm³/mol. The Hall–Kier alpha value is -4.10. The smallest absolute Gasteiger partial charge is 0.343 e. The molecule has 0 radical (unpaired) electrons. The van der Waals surface area contributed by atoms with Gasteiger partial charge in [-0.2, -0.15) is 5.26 Å². The Morgan fingerprint density at radius 1 is 1.37 bits per heavy atom. The number of nitro benzene ring substituents is 1. The lowest BCUT2D eigenvalue weighted by atomic mass is 10.1. The summed E-state index contributed by atoms with van der Waals surface area (Å²) in [4.78, 5) is 34.9. The van der Waals surface area contributed by atoms with Crippen molar-refractivity contribution in [2.45, 2.75) is 6.92 Å². The van der Waals surface area contributed by atoms with Crippen LogP contribution in [0, 0.1) is 28.4 Å². The number of amides is 1. The van der Waals surface area contributed by atoms with Crippen LogP contribution in [-0.2, 0) is 9.53 Å². The van der Waals surface area contributed by atoms with E-state index in [1.54, 1.807) is 24.5 Å². The Morgan fingerprint density at radius 3 is 2.70 bits per heavy atom. The van der Waals surface area contributed by atoms with Gasteiger partial charge in [-0.15, -0.1) is 0 Å². The lowest BCUT2D eigenvalue weighted by Crippen LogP contribution is -2.21. The van der Waals surface area contributed by atoms with E-state index in [4.69, 9.17) is 20.8 Å². The van der Waals surface area contributed by atoms with E-state index < -0.39 is 29.1 Å². The molecule has 0 atom stereocenters. The Balaban J connectivity index is 1.73. The second-order valence-corrected chi connectivity index (χ2v) is 6.39. The predicted octanol–water partition coefficient (Wildman–Crippen LogP) is 3.61. The van der Waals surface area contributed by atoms with E-state index in [0.29, 0.717) is 0 Å². The zero-order valence-corrected chi connectivity index (χ0v) is 16.2. The van der Waals surface area contributed by atoms with Gasteiger partial charge in [-0.25, -0.2) is 4.79 Å². The number of benzene rings is 1. The number of furan rings is 1. The molecule has 2 aromatic heterocycles. The van der Waals surface area contributed by atoms with Crippen LogP contribution in [0.4, 0.5) is 11.4 Å². The van der Waals surface area contributed by atoms with Gasteiger partial charge in [0.1, 0.15) is 28.6 Å². The van der Waals surface area contributed by atoms with Crippen LogP contribution < -0.4 is 5.32 Å². The first-order chi connectivity index (χ1) is 14.3. The number of halogens is 1. The van der Waals surface area contributed by atoms with Crippen molar-refractivity contribution in [1.29, 1.82) is 5.26 Å². The molecule has 0 unspecified atom stereocenters. The number of aromatic nitrogens is 1. The third-order valence-electron chi connectivity index (χ3n) is 3.99. The molecule has 0 fully saturated rings. The van der Waals surface area contributed by atoms with Gasteiger partial charge in [0.25, 0.3) is 11.6 Å².